The lowest BCUT2D eigenvalue weighted by atomic mass is 10.1. The Labute approximate surface area is 123 Å². The predicted molar refractivity (Wildman–Crippen MR) is 80.3 cm³/mol. The zero-order chi connectivity index (χ0) is 13.9. The van der Waals surface area contributed by atoms with Crippen LogP contribution in [0.25, 0.3) is 0 Å². The van der Waals surface area contributed by atoms with Crippen molar-refractivity contribution >= 4 is 11.6 Å². The van der Waals surface area contributed by atoms with Crippen molar-refractivity contribution in [1.82, 2.24) is 10.3 Å². The number of rotatable bonds is 4. The molecule has 0 amide bonds. The van der Waals surface area contributed by atoms with Crippen molar-refractivity contribution in [1.29, 1.82) is 0 Å². The van der Waals surface area contributed by atoms with Crippen LogP contribution in [0.4, 0.5) is 0 Å². The van der Waals surface area contributed by atoms with Gasteiger partial charge >= 0.3 is 0 Å². The number of halogens is 1. The lowest BCUT2D eigenvalue weighted by Crippen LogP contribution is -2.30. The molecule has 3 rings (SSSR count). The number of hydrogen-bond donors (Lipinski definition) is 1. The molecule has 2 heterocycles. The minimum Gasteiger partial charge on any atom is -0.488 e. The number of nitrogens with one attached hydrogen (secondary N) is 1. The van der Waals surface area contributed by atoms with Crippen LogP contribution in [0.1, 0.15) is 16.8 Å². The van der Waals surface area contributed by atoms with Gasteiger partial charge in [0.2, 0.25) is 0 Å². The van der Waals surface area contributed by atoms with Crippen LogP contribution in [0.5, 0.6) is 5.75 Å². The Kier molecular flexibility index (Phi) is 3.90. The van der Waals surface area contributed by atoms with Gasteiger partial charge in [-0.25, -0.2) is 0 Å². The highest BCUT2D eigenvalue weighted by Crippen LogP contribution is 2.30. The molecule has 1 atom stereocenters. The minimum absolute atomic E-state index is 0.174. The Morgan fingerprint density at radius 3 is 3.15 bits per heavy atom. The molecule has 4 heteroatoms. The van der Waals surface area contributed by atoms with Crippen LogP contribution in [-0.4, -0.2) is 17.6 Å². The van der Waals surface area contributed by atoms with Crippen LogP contribution < -0.4 is 10.1 Å². The van der Waals surface area contributed by atoms with Crippen LogP contribution in [0.3, 0.4) is 0 Å². The summed E-state index contributed by atoms with van der Waals surface area (Å²) in [6.07, 6.45) is 2.91. The van der Waals surface area contributed by atoms with Crippen LogP contribution >= 0.6 is 11.6 Å². The maximum atomic E-state index is 5.99. The van der Waals surface area contributed by atoms with Gasteiger partial charge in [0.1, 0.15) is 11.9 Å². The van der Waals surface area contributed by atoms with Crippen molar-refractivity contribution in [2.24, 2.45) is 0 Å². The topological polar surface area (TPSA) is 34.2 Å². The lowest BCUT2D eigenvalue weighted by Gasteiger charge is -2.12. The monoisotopic (exact) mass is 288 g/mol. The molecule has 0 saturated carbocycles. The summed E-state index contributed by atoms with van der Waals surface area (Å²) < 4.78 is 5.89. The number of fused-ring (bicyclic) bond motifs is 1. The van der Waals surface area contributed by atoms with Gasteiger partial charge in [0.05, 0.1) is 5.69 Å². The van der Waals surface area contributed by atoms with Crippen LogP contribution in [0.15, 0.2) is 36.5 Å². The Morgan fingerprint density at radius 1 is 1.40 bits per heavy atom. The fraction of sp³-hybridized carbons (Fsp3) is 0.312. The molecule has 0 radical (unpaired) electrons. The van der Waals surface area contributed by atoms with E-state index < -0.39 is 0 Å². The quantitative estimate of drug-likeness (QED) is 0.938. The van der Waals surface area contributed by atoms with E-state index in [4.69, 9.17) is 16.3 Å². The van der Waals surface area contributed by atoms with E-state index in [-0.39, 0.29) is 6.10 Å². The van der Waals surface area contributed by atoms with Gasteiger partial charge < -0.3 is 10.1 Å². The largest absolute Gasteiger partial charge is 0.488 e. The first-order valence-electron chi connectivity index (χ1n) is 6.78. The van der Waals surface area contributed by atoms with Gasteiger partial charge in [-0.1, -0.05) is 17.7 Å². The fourth-order valence-corrected chi connectivity index (χ4v) is 2.65. The van der Waals surface area contributed by atoms with Crippen molar-refractivity contribution < 1.29 is 4.74 Å². The summed E-state index contributed by atoms with van der Waals surface area (Å²) in [7, 11) is 0. The van der Waals surface area contributed by atoms with Gasteiger partial charge in [-0.15, -0.1) is 0 Å². The standard InChI is InChI=1S/C16H17ClN2O/c1-11-3-2-6-19-15(11)10-18-9-14-8-12-7-13(17)4-5-16(12)20-14/h2-7,14,18H,8-10H2,1H3. The number of aromatic nitrogens is 1. The Bertz CT molecular complexity index is 615. The minimum atomic E-state index is 0.174. The van der Waals surface area contributed by atoms with E-state index in [1.807, 2.05) is 30.5 Å². The average Bonchev–Trinajstić information content (AvgIpc) is 2.83. The molecule has 1 aromatic heterocycles. The fourth-order valence-electron chi connectivity index (χ4n) is 2.46. The number of benzene rings is 1. The van der Waals surface area contributed by atoms with Gasteiger partial charge in [-0.05, 0) is 42.3 Å². The molecule has 0 fully saturated rings. The van der Waals surface area contributed by atoms with E-state index in [2.05, 4.69) is 23.3 Å². The number of aryl methyl sites for hydroxylation is 1. The van der Waals surface area contributed by atoms with Gasteiger partial charge in [-0.3, -0.25) is 4.98 Å². The molecular weight excluding hydrogens is 272 g/mol. The Balaban J connectivity index is 1.53. The molecule has 0 saturated heterocycles. The molecule has 1 aliphatic rings. The van der Waals surface area contributed by atoms with E-state index in [0.717, 1.165) is 36.0 Å². The summed E-state index contributed by atoms with van der Waals surface area (Å²) in [4.78, 5) is 4.37. The third kappa shape index (κ3) is 2.94. The molecule has 1 N–H and O–H groups in total. The van der Waals surface area contributed by atoms with Crippen molar-refractivity contribution in [3.8, 4) is 5.75 Å². The molecule has 0 bridgehead atoms. The normalized spacial score (nSPS) is 16.8. The summed E-state index contributed by atoms with van der Waals surface area (Å²) in [6, 6.07) is 9.83. The van der Waals surface area contributed by atoms with Crippen LogP contribution in [0.2, 0.25) is 5.02 Å². The average molecular weight is 289 g/mol. The van der Waals surface area contributed by atoms with E-state index in [1.54, 1.807) is 0 Å². The third-order valence-corrected chi connectivity index (χ3v) is 3.78. The molecule has 1 unspecified atom stereocenters. The van der Waals surface area contributed by atoms with E-state index in [9.17, 15) is 0 Å². The van der Waals surface area contributed by atoms with E-state index >= 15 is 0 Å². The predicted octanol–water partition coefficient (Wildman–Crippen LogP) is 3.14. The third-order valence-electron chi connectivity index (χ3n) is 3.55. The van der Waals surface area contributed by atoms with Crippen molar-refractivity contribution in [2.75, 3.05) is 6.54 Å². The summed E-state index contributed by atoms with van der Waals surface area (Å²) in [6.45, 7) is 3.65. The summed E-state index contributed by atoms with van der Waals surface area (Å²) in [5.74, 6) is 0.954. The van der Waals surface area contributed by atoms with Gasteiger partial charge in [0, 0.05) is 30.7 Å². The highest BCUT2D eigenvalue weighted by molar-refractivity contribution is 6.30. The second-order valence-corrected chi connectivity index (χ2v) is 5.53. The smallest absolute Gasteiger partial charge is 0.123 e. The number of hydrogen-bond acceptors (Lipinski definition) is 3. The first kappa shape index (κ1) is 13.4. The van der Waals surface area contributed by atoms with Gasteiger partial charge in [0.15, 0.2) is 0 Å². The number of pyridine rings is 1. The summed E-state index contributed by atoms with van der Waals surface area (Å²) in [5.41, 5.74) is 3.49. The second kappa shape index (κ2) is 5.81. The van der Waals surface area contributed by atoms with Crippen molar-refractivity contribution in [3.63, 3.8) is 0 Å². The molecule has 1 aliphatic heterocycles. The molecule has 104 valence electrons. The number of ether oxygens (including phenoxy) is 1. The van der Waals surface area contributed by atoms with Crippen molar-refractivity contribution in [2.45, 2.75) is 26.0 Å². The zero-order valence-electron chi connectivity index (χ0n) is 11.4. The molecule has 0 aliphatic carbocycles. The van der Waals surface area contributed by atoms with Crippen LogP contribution in [-0.2, 0) is 13.0 Å². The molecule has 3 nitrogen and oxygen atoms in total. The zero-order valence-corrected chi connectivity index (χ0v) is 12.2. The SMILES string of the molecule is Cc1cccnc1CNCC1Cc2cc(Cl)ccc2O1. The van der Waals surface area contributed by atoms with Gasteiger partial charge in [0.25, 0.3) is 0 Å². The van der Waals surface area contributed by atoms with E-state index in [0.29, 0.717) is 0 Å². The van der Waals surface area contributed by atoms with E-state index in [1.165, 1.54) is 11.1 Å². The van der Waals surface area contributed by atoms with Crippen molar-refractivity contribution in [3.05, 3.63) is 58.4 Å². The lowest BCUT2D eigenvalue weighted by molar-refractivity contribution is 0.227. The molecule has 1 aromatic carbocycles. The Morgan fingerprint density at radius 2 is 2.30 bits per heavy atom. The summed E-state index contributed by atoms with van der Waals surface area (Å²) in [5, 5.41) is 4.18. The summed E-state index contributed by atoms with van der Waals surface area (Å²) >= 11 is 5.99. The first-order chi connectivity index (χ1) is 9.72. The Hall–Kier alpha value is -1.58. The highest BCUT2D eigenvalue weighted by Gasteiger charge is 2.22. The van der Waals surface area contributed by atoms with Crippen LogP contribution in [0, 0.1) is 6.92 Å². The highest BCUT2D eigenvalue weighted by atomic mass is 35.5. The molecule has 2 aromatic rings. The van der Waals surface area contributed by atoms with Gasteiger partial charge in [-0.2, -0.15) is 0 Å². The molecule has 20 heavy (non-hydrogen) atoms. The number of nitrogens with zero attached hydrogens (tertiary/aromatic N) is 1. The maximum absolute atomic E-state index is 5.99. The second-order valence-electron chi connectivity index (χ2n) is 5.09. The molecular formula is C16H17ClN2O. The molecule has 0 spiro atoms. The maximum Gasteiger partial charge on any atom is 0.123 e. The first-order valence-corrected chi connectivity index (χ1v) is 7.16.